The lowest BCUT2D eigenvalue weighted by Gasteiger charge is -2.13. The zero-order chi connectivity index (χ0) is 15.5. The van der Waals surface area contributed by atoms with Crippen LogP contribution in [-0.4, -0.2) is 29.0 Å². The number of alkyl halides is 5. The second-order valence-electron chi connectivity index (χ2n) is 3.31. The monoisotopic (exact) mass is 301 g/mol. The number of nitrogens with zero attached hydrogens (tertiary/aromatic N) is 1. The number of aromatic nitrogens is 1. The molecule has 20 heavy (non-hydrogen) atoms. The van der Waals surface area contributed by atoms with E-state index in [1.807, 2.05) is 0 Å². The summed E-state index contributed by atoms with van der Waals surface area (Å²) in [6.45, 7) is 1.15. The van der Waals surface area contributed by atoms with Gasteiger partial charge in [-0.3, -0.25) is 0 Å². The number of hydrogen-bond acceptors (Lipinski definition) is 5. The van der Waals surface area contributed by atoms with Crippen molar-refractivity contribution in [3.05, 3.63) is 17.5 Å². The van der Waals surface area contributed by atoms with Crippen molar-refractivity contribution in [3.63, 3.8) is 0 Å². The molecule has 0 spiro atoms. The molecule has 1 aromatic rings. The van der Waals surface area contributed by atoms with E-state index in [4.69, 9.17) is 5.11 Å². The summed E-state index contributed by atoms with van der Waals surface area (Å²) in [4.78, 5) is 14.4. The number of halogens is 5. The third kappa shape index (κ3) is 3.93. The van der Waals surface area contributed by atoms with Gasteiger partial charge in [0.1, 0.15) is 11.4 Å². The summed E-state index contributed by atoms with van der Waals surface area (Å²) in [7, 11) is 0. The van der Waals surface area contributed by atoms with Crippen LogP contribution in [0.5, 0.6) is 11.5 Å². The van der Waals surface area contributed by atoms with Crippen molar-refractivity contribution in [3.8, 4) is 11.5 Å². The van der Waals surface area contributed by atoms with E-state index in [1.54, 1.807) is 0 Å². The van der Waals surface area contributed by atoms with E-state index >= 15 is 0 Å². The first-order valence-corrected chi connectivity index (χ1v) is 5.10. The van der Waals surface area contributed by atoms with Crippen LogP contribution < -0.4 is 4.74 Å². The van der Waals surface area contributed by atoms with Crippen molar-refractivity contribution in [1.82, 2.24) is 4.98 Å². The number of rotatable bonds is 4. The molecule has 0 atom stereocenters. The third-order valence-electron chi connectivity index (χ3n) is 1.90. The van der Waals surface area contributed by atoms with Crippen LogP contribution in [0.2, 0.25) is 0 Å². The molecule has 0 aliphatic heterocycles. The highest BCUT2D eigenvalue weighted by Crippen LogP contribution is 2.34. The summed E-state index contributed by atoms with van der Waals surface area (Å²) in [5.74, 6) is -3.83. The number of esters is 1. The summed E-state index contributed by atoms with van der Waals surface area (Å²) in [6, 6.07) is 0.230. The second kappa shape index (κ2) is 5.88. The van der Waals surface area contributed by atoms with Gasteiger partial charge in [-0.05, 0) is 6.92 Å². The minimum absolute atomic E-state index is 0.211. The molecular weight excluding hydrogens is 293 g/mol. The average Bonchev–Trinajstić information content (AvgIpc) is 2.26. The lowest BCUT2D eigenvalue weighted by atomic mass is 10.2. The summed E-state index contributed by atoms with van der Waals surface area (Å²) in [5, 5.41) is 9.15. The number of carbonyl (C=O) groups excluding carboxylic acids is 1. The molecule has 0 aliphatic carbocycles. The maximum Gasteiger partial charge on any atom is 0.573 e. The fraction of sp³-hybridized carbons (Fsp3) is 0.400. The number of hydrogen-bond donors (Lipinski definition) is 1. The topological polar surface area (TPSA) is 68.7 Å². The zero-order valence-corrected chi connectivity index (χ0v) is 9.87. The number of aromatic hydroxyl groups is 1. The first-order valence-electron chi connectivity index (χ1n) is 5.10. The van der Waals surface area contributed by atoms with E-state index in [0.717, 1.165) is 0 Å². The lowest BCUT2D eigenvalue weighted by Crippen LogP contribution is -2.21. The molecule has 0 bridgehead atoms. The summed E-state index contributed by atoms with van der Waals surface area (Å²) in [5.41, 5.74) is -2.35. The molecule has 0 aromatic carbocycles. The van der Waals surface area contributed by atoms with Crippen molar-refractivity contribution in [2.45, 2.75) is 19.7 Å². The third-order valence-corrected chi connectivity index (χ3v) is 1.90. The van der Waals surface area contributed by atoms with Crippen LogP contribution in [0, 0.1) is 0 Å². The molecule has 112 valence electrons. The molecule has 1 heterocycles. The zero-order valence-electron chi connectivity index (χ0n) is 9.87. The van der Waals surface area contributed by atoms with Gasteiger partial charge in [0.2, 0.25) is 0 Å². The van der Waals surface area contributed by atoms with Gasteiger partial charge in [-0.15, -0.1) is 13.2 Å². The Morgan fingerprint density at radius 3 is 2.50 bits per heavy atom. The van der Waals surface area contributed by atoms with E-state index in [0.29, 0.717) is 0 Å². The Bertz CT molecular complexity index is 503. The van der Waals surface area contributed by atoms with Crippen LogP contribution in [0.3, 0.4) is 0 Å². The molecule has 10 heteroatoms. The molecule has 1 aromatic heterocycles. The van der Waals surface area contributed by atoms with Gasteiger partial charge >= 0.3 is 12.3 Å². The molecule has 5 nitrogen and oxygen atoms in total. The minimum Gasteiger partial charge on any atom is -0.506 e. The van der Waals surface area contributed by atoms with Gasteiger partial charge in [-0.2, -0.15) is 0 Å². The van der Waals surface area contributed by atoms with Gasteiger partial charge in [-0.1, -0.05) is 0 Å². The SMILES string of the molecule is CCOC(=O)c1nc(C(F)F)c(O)cc1OC(F)(F)F. The standard InChI is InChI=1S/C10H8F5NO4/c1-2-19-9(18)7-5(20-10(13,14)15)3-4(17)6(16-7)8(11)12/h3,8,17H,2H2,1H3. The Morgan fingerprint density at radius 2 is 2.05 bits per heavy atom. The molecule has 0 fully saturated rings. The van der Waals surface area contributed by atoms with Crippen molar-refractivity contribution in [2.24, 2.45) is 0 Å². The Morgan fingerprint density at radius 1 is 1.45 bits per heavy atom. The van der Waals surface area contributed by atoms with Crippen molar-refractivity contribution in [2.75, 3.05) is 6.61 Å². The van der Waals surface area contributed by atoms with E-state index < -0.39 is 41.6 Å². The molecule has 1 N–H and O–H groups in total. The van der Waals surface area contributed by atoms with Crippen LogP contribution in [-0.2, 0) is 4.74 Å². The molecular formula is C10H8F5NO4. The van der Waals surface area contributed by atoms with Gasteiger partial charge in [0.25, 0.3) is 6.43 Å². The van der Waals surface area contributed by atoms with Gasteiger partial charge in [0.15, 0.2) is 11.4 Å². The molecule has 0 saturated carbocycles. The fourth-order valence-corrected chi connectivity index (χ4v) is 1.21. The van der Waals surface area contributed by atoms with Crippen LogP contribution in [0.25, 0.3) is 0 Å². The highest BCUT2D eigenvalue weighted by Gasteiger charge is 2.35. The Kier molecular flexibility index (Phi) is 4.69. The van der Waals surface area contributed by atoms with E-state index in [-0.39, 0.29) is 12.7 Å². The summed E-state index contributed by atoms with van der Waals surface area (Å²) >= 11 is 0. The minimum atomic E-state index is -5.19. The van der Waals surface area contributed by atoms with Gasteiger partial charge in [0, 0.05) is 6.07 Å². The first kappa shape index (κ1) is 15.9. The number of ether oxygens (including phenoxy) is 2. The van der Waals surface area contributed by atoms with Crippen molar-refractivity contribution < 1.29 is 41.3 Å². The molecule has 0 saturated heterocycles. The Labute approximate surface area is 108 Å². The first-order chi connectivity index (χ1) is 9.15. The molecule has 0 aliphatic rings. The highest BCUT2D eigenvalue weighted by atomic mass is 19.4. The quantitative estimate of drug-likeness (QED) is 0.684. The predicted octanol–water partition coefficient (Wildman–Crippen LogP) is 2.80. The van der Waals surface area contributed by atoms with Crippen LogP contribution in [0.1, 0.15) is 29.5 Å². The predicted molar refractivity (Wildman–Crippen MR) is 53.5 cm³/mol. The Balaban J connectivity index is 3.33. The average molecular weight is 301 g/mol. The van der Waals surface area contributed by atoms with Crippen molar-refractivity contribution in [1.29, 1.82) is 0 Å². The lowest BCUT2D eigenvalue weighted by molar-refractivity contribution is -0.274. The molecule has 1 rings (SSSR count). The van der Waals surface area contributed by atoms with E-state index in [9.17, 15) is 26.7 Å². The largest absolute Gasteiger partial charge is 0.573 e. The normalized spacial score (nSPS) is 11.6. The van der Waals surface area contributed by atoms with E-state index in [1.165, 1.54) is 6.92 Å². The molecule has 0 unspecified atom stereocenters. The second-order valence-corrected chi connectivity index (χ2v) is 3.31. The van der Waals surface area contributed by atoms with Crippen LogP contribution in [0.4, 0.5) is 22.0 Å². The van der Waals surface area contributed by atoms with Gasteiger partial charge < -0.3 is 14.6 Å². The number of pyridine rings is 1. The summed E-state index contributed by atoms with van der Waals surface area (Å²) in [6.07, 6.45) is -8.48. The van der Waals surface area contributed by atoms with Crippen LogP contribution >= 0.6 is 0 Å². The maximum absolute atomic E-state index is 12.5. The van der Waals surface area contributed by atoms with Crippen LogP contribution in [0.15, 0.2) is 6.07 Å². The smallest absolute Gasteiger partial charge is 0.506 e. The fourth-order valence-electron chi connectivity index (χ4n) is 1.21. The highest BCUT2D eigenvalue weighted by molar-refractivity contribution is 5.90. The van der Waals surface area contributed by atoms with Crippen molar-refractivity contribution >= 4 is 5.97 Å². The number of carbonyl (C=O) groups is 1. The van der Waals surface area contributed by atoms with Gasteiger partial charge in [-0.25, -0.2) is 18.6 Å². The molecule has 0 radical (unpaired) electrons. The Hall–Kier alpha value is -2.13. The van der Waals surface area contributed by atoms with E-state index in [2.05, 4.69) is 14.5 Å². The van der Waals surface area contributed by atoms with Gasteiger partial charge in [0.05, 0.1) is 6.61 Å². The summed E-state index contributed by atoms with van der Waals surface area (Å²) < 4.78 is 69.2. The molecule has 0 amide bonds. The maximum atomic E-state index is 12.5.